The van der Waals surface area contributed by atoms with Gasteiger partial charge in [-0.15, -0.1) is 0 Å². The van der Waals surface area contributed by atoms with Crippen molar-refractivity contribution in [3.8, 4) is 0 Å². The molecule has 3 N–H and O–H groups in total. The Balaban J connectivity index is 1.76. The van der Waals surface area contributed by atoms with Crippen LogP contribution >= 0.6 is 0 Å². The first-order chi connectivity index (χ1) is 16.6. The van der Waals surface area contributed by atoms with E-state index in [4.69, 9.17) is 5.11 Å². The first kappa shape index (κ1) is 24.7. The zero-order valence-corrected chi connectivity index (χ0v) is 18.9. The lowest BCUT2D eigenvalue weighted by Crippen LogP contribution is -2.24. The van der Waals surface area contributed by atoms with Crippen LogP contribution in [0.25, 0.3) is 11.0 Å². The summed E-state index contributed by atoms with van der Waals surface area (Å²) in [5.41, 5.74) is 0.920. The second-order valence-electron chi connectivity index (χ2n) is 8.60. The summed E-state index contributed by atoms with van der Waals surface area (Å²) in [6.07, 6.45) is -4.76. The van der Waals surface area contributed by atoms with Crippen LogP contribution < -0.4 is 5.62 Å². The summed E-state index contributed by atoms with van der Waals surface area (Å²) in [6, 6.07) is 9.40. The maximum Gasteiger partial charge on any atom is 0.416 e. The van der Waals surface area contributed by atoms with Gasteiger partial charge < -0.3 is 24.7 Å². The molecule has 0 bridgehead atoms. The molecule has 35 heavy (non-hydrogen) atoms. The number of hydrogen-bond donors (Lipinski definition) is 3. The van der Waals surface area contributed by atoms with Crippen LogP contribution in [-0.2, 0) is 17.5 Å². The molecule has 0 unspecified atom stereocenters. The molecule has 3 aromatic rings. The minimum Gasteiger partial charge on any atom is -0.394 e. The van der Waals surface area contributed by atoms with Crippen molar-refractivity contribution in [2.75, 3.05) is 20.2 Å². The molecule has 2 heterocycles. The lowest BCUT2D eigenvalue weighted by atomic mass is 9.97. The summed E-state index contributed by atoms with van der Waals surface area (Å²) in [5, 5.41) is 19.0. The van der Waals surface area contributed by atoms with Gasteiger partial charge in [0.15, 0.2) is 0 Å². The van der Waals surface area contributed by atoms with Gasteiger partial charge in [0.1, 0.15) is 0 Å². The Labute approximate surface area is 198 Å². The molecule has 2 atom stereocenters. The third kappa shape index (κ3) is 5.15. The summed E-state index contributed by atoms with van der Waals surface area (Å²) >= 11 is 0. The van der Waals surface area contributed by atoms with E-state index < -0.39 is 30.4 Å². The highest BCUT2D eigenvalue weighted by atomic mass is 19.4. The maximum absolute atomic E-state index is 13.1. The number of aromatic nitrogens is 2. The van der Waals surface area contributed by atoms with Crippen molar-refractivity contribution >= 4 is 22.8 Å². The van der Waals surface area contributed by atoms with Crippen LogP contribution in [0.3, 0.4) is 0 Å². The Morgan fingerprint density at radius 3 is 2.69 bits per heavy atom. The van der Waals surface area contributed by atoms with Gasteiger partial charge >= 0.3 is 6.18 Å². The van der Waals surface area contributed by atoms with Crippen LogP contribution in [-0.4, -0.2) is 62.8 Å². The lowest BCUT2D eigenvalue weighted by Gasteiger charge is -2.11. The van der Waals surface area contributed by atoms with E-state index in [1.165, 1.54) is 6.07 Å². The summed E-state index contributed by atoms with van der Waals surface area (Å²) in [6.45, 7) is 0.387. The number of aromatic amines is 1. The Morgan fingerprint density at radius 1 is 1.26 bits per heavy atom. The largest absolute Gasteiger partial charge is 0.416 e. The van der Waals surface area contributed by atoms with E-state index in [1.54, 1.807) is 28.6 Å². The predicted molar refractivity (Wildman–Crippen MR) is 120 cm³/mol. The predicted octanol–water partition coefficient (Wildman–Crippen LogP) is 2.42. The van der Waals surface area contributed by atoms with Crippen LogP contribution in [0.4, 0.5) is 13.2 Å². The molecule has 11 heteroatoms. The van der Waals surface area contributed by atoms with Gasteiger partial charge in [0.2, 0.25) is 11.5 Å². The summed E-state index contributed by atoms with van der Waals surface area (Å²) in [4.78, 5) is 33.9. The highest BCUT2D eigenvalue weighted by molar-refractivity contribution is 5.95. The van der Waals surface area contributed by atoms with E-state index >= 15 is 0 Å². The smallest absolute Gasteiger partial charge is 0.394 e. The van der Waals surface area contributed by atoms with E-state index in [0.717, 1.165) is 23.8 Å². The fourth-order valence-corrected chi connectivity index (χ4v) is 4.21. The number of benzene rings is 2. The van der Waals surface area contributed by atoms with Gasteiger partial charge in [0.25, 0.3) is 5.91 Å². The number of nitrogens with one attached hydrogen (secondary N) is 1. The number of rotatable bonds is 6. The maximum atomic E-state index is 13.1. The highest BCUT2D eigenvalue weighted by Gasteiger charge is 2.31. The number of likely N-dealkylation sites (N-methyl/N-ethyl adjacent to an activating group) is 1. The summed E-state index contributed by atoms with van der Waals surface area (Å²) in [7, 11) is 1.74. The molecule has 186 valence electrons. The molecule has 2 amide bonds. The number of H-pyrrole nitrogens is 1. The van der Waals surface area contributed by atoms with Crippen molar-refractivity contribution < 1.29 is 33.0 Å². The number of alkyl halides is 3. The Hall–Kier alpha value is -3.44. The number of amides is 2. The van der Waals surface area contributed by atoms with Gasteiger partial charge in [0.05, 0.1) is 35.2 Å². The summed E-state index contributed by atoms with van der Waals surface area (Å²) in [5.74, 6) is -1.14. The third-order valence-corrected chi connectivity index (χ3v) is 6.18. The van der Waals surface area contributed by atoms with Crippen LogP contribution in [0.1, 0.15) is 40.2 Å². The highest BCUT2D eigenvalue weighted by Crippen LogP contribution is 2.30. The topological polar surface area (TPSA) is 111 Å². The Morgan fingerprint density at radius 2 is 2.03 bits per heavy atom. The molecule has 1 aromatic heterocycles. The molecule has 2 aromatic carbocycles. The van der Waals surface area contributed by atoms with Crippen molar-refractivity contribution in [2.45, 2.75) is 37.6 Å². The normalized spacial score (nSPS) is 18.0. The Kier molecular flexibility index (Phi) is 6.82. The molecule has 0 spiro atoms. The average Bonchev–Trinajstić information content (AvgIpc) is 3.35. The van der Waals surface area contributed by atoms with E-state index in [2.05, 4.69) is 9.98 Å². The minimum atomic E-state index is -4.60. The number of halogens is 3. The van der Waals surface area contributed by atoms with E-state index in [-0.39, 0.29) is 36.0 Å². The van der Waals surface area contributed by atoms with E-state index in [1.807, 2.05) is 6.07 Å². The number of aliphatic hydroxyl groups is 2. The van der Waals surface area contributed by atoms with Gasteiger partial charge in [-0.25, -0.2) is 0 Å². The third-order valence-electron chi connectivity index (χ3n) is 6.18. The summed E-state index contributed by atoms with van der Waals surface area (Å²) < 4.78 is 40.8. The molecule has 8 nitrogen and oxygen atoms in total. The minimum absolute atomic E-state index is 0.0134. The zero-order valence-electron chi connectivity index (χ0n) is 18.9. The standard InChI is InChI=1S/C24H25F3N4O4/c1-30-9-8-18(22(30)35)14-5-6-20-19(12-14)28-23(31(20)10-7-17(33)13-32)29-21(34)15-3-2-4-16(11-15)24(25,26)27/h2-6,11-12,17-18,32-33H,7-10,13H2,1H3,(H,28,29,34)/t17-,18+/m1/s1. The van der Waals surface area contributed by atoms with Crippen molar-refractivity contribution in [3.05, 3.63) is 64.8 Å². The molecule has 0 radical (unpaired) electrons. The molecule has 1 aliphatic heterocycles. The van der Waals surface area contributed by atoms with E-state index in [0.29, 0.717) is 24.0 Å². The number of nitrogens with zero attached hydrogens (tertiary/aromatic N) is 3. The van der Waals surface area contributed by atoms with Gasteiger partial charge in [-0.3, -0.25) is 9.59 Å². The first-order valence-electron chi connectivity index (χ1n) is 11.1. The number of aliphatic hydroxyl groups excluding tert-OH is 2. The molecule has 0 saturated carbocycles. The van der Waals surface area contributed by atoms with Gasteiger partial charge in [0, 0.05) is 25.7 Å². The molecular weight excluding hydrogens is 465 g/mol. The second kappa shape index (κ2) is 9.67. The van der Waals surface area contributed by atoms with Crippen LogP contribution in [0, 0.1) is 0 Å². The Bertz CT molecular complexity index is 1330. The van der Waals surface area contributed by atoms with Gasteiger partial charge in [-0.1, -0.05) is 12.1 Å². The molecule has 1 saturated heterocycles. The van der Waals surface area contributed by atoms with E-state index in [9.17, 15) is 27.9 Å². The number of aryl methyl sites for hydroxylation is 1. The van der Waals surface area contributed by atoms with Crippen molar-refractivity contribution in [1.82, 2.24) is 14.5 Å². The average molecular weight is 490 g/mol. The molecule has 1 aliphatic rings. The fraction of sp³-hybridized carbons (Fsp3) is 0.375. The molecule has 1 fully saturated rings. The molecule has 4 rings (SSSR count). The zero-order chi connectivity index (χ0) is 25.3. The quantitative estimate of drug-likeness (QED) is 0.493. The number of carbonyl (C=O) groups is 2. The molecular formula is C24H25F3N4O4. The number of hydrogen-bond acceptors (Lipinski definition) is 4. The number of fused-ring (bicyclic) bond motifs is 1. The molecule has 0 aliphatic carbocycles. The SMILES string of the molecule is CN1CC[C@@H](c2ccc3c(c2)[nH]/c(=N\C(=O)c2cccc(C(F)(F)F)c2)n3CC[C@@H](O)CO)C1=O. The number of carbonyl (C=O) groups excluding carboxylic acids is 2. The fourth-order valence-electron chi connectivity index (χ4n) is 4.21. The van der Waals surface area contributed by atoms with Gasteiger partial charge in [-0.2, -0.15) is 18.2 Å². The number of likely N-dealkylation sites (tertiary alicyclic amines) is 1. The van der Waals surface area contributed by atoms with Crippen LogP contribution in [0.2, 0.25) is 0 Å². The van der Waals surface area contributed by atoms with Crippen molar-refractivity contribution in [1.29, 1.82) is 0 Å². The van der Waals surface area contributed by atoms with Gasteiger partial charge in [-0.05, 0) is 48.7 Å². The second-order valence-corrected chi connectivity index (χ2v) is 8.60. The monoisotopic (exact) mass is 490 g/mol. The van der Waals surface area contributed by atoms with Crippen LogP contribution in [0.5, 0.6) is 0 Å². The van der Waals surface area contributed by atoms with Crippen molar-refractivity contribution in [2.24, 2.45) is 4.99 Å². The lowest BCUT2D eigenvalue weighted by molar-refractivity contribution is -0.137. The van der Waals surface area contributed by atoms with Crippen molar-refractivity contribution in [3.63, 3.8) is 0 Å². The van der Waals surface area contributed by atoms with Crippen LogP contribution in [0.15, 0.2) is 47.5 Å². The number of imidazole rings is 1. The first-order valence-corrected chi connectivity index (χ1v) is 11.1.